The number of benzene rings is 2. The summed E-state index contributed by atoms with van der Waals surface area (Å²) in [4.78, 5) is 12.0. The molecule has 0 aliphatic rings. The number of nitrogens with one attached hydrogen (secondary N) is 1. The highest BCUT2D eigenvalue weighted by Gasteiger charge is 2.18. The van der Waals surface area contributed by atoms with Crippen molar-refractivity contribution in [3.8, 4) is 0 Å². The molecule has 2 aromatic carbocycles. The lowest BCUT2D eigenvalue weighted by atomic mass is 10.1. The molecule has 25 heavy (non-hydrogen) atoms. The number of hydrogen-bond donors (Lipinski definition) is 2. The van der Waals surface area contributed by atoms with Gasteiger partial charge < -0.3 is 15.0 Å². The van der Waals surface area contributed by atoms with E-state index >= 15 is 0 Å². The van der Waals surface area contributed by atoms with Crippen LogP contribution in [0.1, 0.15) is 18.1 Å². The highest BCUT2D eigenvalue weighted by atomic mass is 19.1. The van der Waals surface area contributed by atoms with Crippen molar-refractivity contribution >= 4 is 16.8 Å². The molecule has 6 heteroatoms. The molecule has 0 bridgehead atoms. The molecular formula is C19H18F2N2O2. The zero-order valence-electron chi connectivity index (χ0n) is 13.5. The number of aromatic nitrogens is 1. The molecule has 0 fully saturated rings. The molecule has 1 aromatic heterocycles. The summed E-state index contributed by atoms with van der Waals surface area (Å²) in [5.74, 6) is -1.96. The van der Waals surface area contributed by atoms with E-state index in [-0.39, 0.29) is 18.9 Å². The van der Waals surface area contributed by atoms with Gasteiger partial charge in [-0.15, -0.1) is 0 Å². The molecule has 0 saturated heterocycles. The third-order valence-electron chi connectivity index (χ3n) is 4.09. The van der Waals surface area contributed by atoms with Gasteiger partial charge in [0, 0.05) is 31.2 Å². The van der Waals surface area contributed by atoms with Gasteiger partial charge in [-0.05, 0) is 29.7 Å². The molecule has 130 valence electrons. The predicted octanol–water partition coefficient (Wildman–Crippen LogP) is 3.16. The van der Waals surface area contributed by atoms with Crippen molar-refractivity contribution in [1.82, 2.24) is 9.88 Å². The van der Waals surface area contributed by atoms with Crippen LogP contribution in [0.3, 0.4) is 0 Å². The second kappa shape index (κ2) is 7.44. The molecule has 3 rings (SSSR count). The maximum absolute atomic E-state index is 13.6. The minimum Gasteiger partial charge on any atom is -0.386 e. The van der Waals surface area contributed by atoms with E-state index in [2.05, 4.69) is 5.32 Å². The molecule has 4 nitrogen and oxygen atoms in total. The van der Waals surface area contributed by atoms with Gasteiger partial charge in [0.25, 0.3) is 0 Å². The zero-order chi connectivity index (χ0) is 17.8. The Bertz CT molecular complexity index is 872. The number of carbonyl (C=O) groups is 1. The first-order chi connectivity index (χ1) is 12.1. The highest BCUT2D eigenvalue weighted by molar-refractivity contribution is 5.80. The summed E-state index contributed by atoms with van der Waals surface area (Å²) in [6, 6.07) is 13.2. The van der Waals surface area contributed by atoms with Crippen LogP contribution in [-0.4, -0.2) is 22.1 Å². The van der Waals surface area contributed by atoms with Crippen LogP contribution in [0.4, 0.5) is 8.78 Å². The summed E-state index contributed by atoms with van der Waals surface area (Å²) < 4.78 is 29.1. The van der Waals surface area contributed by atoms with Crippen LogP contribution in [-0.2, 0) is 11.3 Å². The van der Waals surface area contributed by atoms with Crippen LogP contribution >= 0.6 is 0 Å². The first-order valence-corrected chi connectivity index (χ1v) is 7.99. The lowest BCUT2D eigenvalue weighted by Crippen LogP contribution is -2.29. The minimum atomic E-state index is -1.43. The van der Waals surface area contributed by atoms with Crippen molar-refractivity contribution in [3.05, 3.63) is 71.9 Å². The van der Waals surface area contributed by atoms with E-state index in [1.165, 1.54) is 6.07 Å². The fourth-order valence-corrected chi connectivity index (χ4v) is 2.79. The van der Waals surface area contributed by atoms with Crippen LogP contribution in [0.2, 0.25) is 0 Å². The number of para-hydroxylation sites is 1. The number of fused-ring (bicyclic) bond motifs is 1. The summed E-state index contributed by atoms with van der Waals surface area (Å²) in [6.45, 7) is 0.229. The average molecular weight is 344 g/mol. The number of aliphatic hydroxyl groups excluding tert-OH is 1. The molecule has 0 spiro atoms. The van der Waals surface area contributed by atoms with E-state index in [1.807, 2.05) is 41.1 Å². The monoisotopic (exact) mass is 344 g/mol. The number of hydrogen-bond acceptors (Lipinski definition) is 2. The van der Waals surface area contributed by atoms with Crippen molar-refractivity contribution in [3.63, 3.8) is 0 Å². The van der Waals surface area contributed by atoms with Crippen LogP contribution in [0.5, 0.6) is 0 Å². The number of aryl methyl sites for hydroxylation is 1. The fourth-order valence-electron chi connectivity index (χ4n) is 2.79. The smallest absolute Gasteiger partial charge is 0.221 e. The predicted molar refractivity (Wildman–Crippen MR) is 90.9 cm³/mol. The fraction of sp³-hybridized carbons (Fsp3) is 0.211. The van der Waals surface area contributed by atoms with Gasteiger partial charge in [-0.3, -0.25) is 4.79 Å². The number of rotatable bonds is 6. The second-order valence-electron chi connectivity index (χ2n) is 5.77. The van der Waals surface area contributed by atoms with E-state index in [9.17, 15) is 18.7 Å². The topological polar surface area (TPSA) is 54.3 Å². The van der Waals surface area contributed by atoms with Crippen molar-refractivity contribution < 1.29 is 18.7 Å². The van der Waals surface area contributed by atoms with E-state index in [0.717, 1.165) is 23.0 Å². The van der Waals surface area contributed by atoms with Crippen LogP contribution < -0.4 is 5.32 Å². The van der Waals surface area contributed by atoms with Crippen molar-refractivity contribution in [2.24, 2.45) is 0 Å². The third kappa shape index (κ3) is 3.85. The van der Waals surface area contributed by atoms with E-state index < -0.39 is 23.3 Å². The Morgan fingerprint density at radius 2 is 1.80 bits per heavy atom. The van der Waals surface area contributed by atoms with Gasteiger partial charge in [0.1, 0.15) is 17.7 Å². The van der Waals surface area contributed by atoms with Gasteiger partial charge in [-0.1, -0.05) is 24.3 Å². The van der Waals surface area contributed by atoms with Crippen LogP contribution in [0, 0.1) is 11.6 Å². The Morgan fingerprint density at radius 1 is 1.08 bits per heavy atom. The lowest BCUT2D eigenvalue weighted by Gasteiger charge is -2.14. The first kappa shape index (κ1) is 17.1. The van der Waals surface area contributed by atoms with Gasteiger partial charge >= 0.3 is 0 Å². The summed E-state index contributed by atoms with van der Waals surface area (Å²) in [5.41, 5.74) is 0.600. The number of halogens is 2. The number of aliphatic hydroxyl groups is 1. The maximum atomic E-state index is 13.6. The van der Waals surface area contributed by atoms with Gasteiger partial charge in [-0.25, -0.2) is 8.78 Å². The van der Waals surface area contributed by atoms with E-state index in [0.29, 0.717) is 6.54 Å². The van der Waals surface area contributed by atoms with Gasteiger partial charge in [0.15, 0.2) is 0 Å². The molecule has 0 radical (unpaired) electrons. The Labute approximate surface area is 143 Å². The number of carbonyl (C=O) groups excluding carboxylic acids is 1. The van der Waals surface area contributed by atoms with Gasteiger partial charge in [-0.2, -0.15) is 0 Å². The molecular weight excluding hydrogens is 326 g/mol. The molecule has 1 unspecified atom stereocenters. The molecule has 0 aliphatic carbocycles. The largest absolute Gasteiger partial charge is 0.386 e. The standard InChI is InChI=1S/C19H18F2N2O2/c20-14-5-3-6-15(21)19(14)17(24)12-22-18(25)9-11-23-10-8-13-4-1-2-7-16(13)23/h1-8,10,17,24H,9,11-12H2,(H,22,25). The molecule has 0 aliphatic heterocycles. The number of amides is 1. The lowest BCUT2D eigenvalue weighted by molar-refractivity contribution is -0.121. The summed E-state index contributed by atoms with van der Waals surface area (Å²) in [7, 11) is 0. The molecule has 2 N–H and O–H groups in total. The van der Waals surface area contributed by atoms with Gasteiger partial charge in [0.2, 0.25) is 5.91 Å². The SMILES string of the molecule is O=C(CCn1ccc2ccccc21)NCC(O)c1c(F)cccc1F. The minimum absolute atomic E-state index is 0.200. The summed E-state index contributed by atoms with van der Waals surface area (Å²) in [6.07, 6.45) is 0.671. The summed E-state index contributed by atoms with van der Waals surface area (Å²) in [5, 5.41) is 13.5. The molecule has 3 aromatic rings. The normalized spacial score (nSPS) is 12.3. The first-order valence-electron chi connectivity index (χ1n) is 7.99. The Balaban J connectivity index is 1.54. The zero-order valence-corrected chi connectivity index (χ0v) is 13.5. The Hall–Kier alpha value is -2.73. The Kier molecular flexibility index (Phi) is 5.09. The average Bonchev–Trinajstić information content (AvgIpc) is 3.01. The van der Waals surface area contributed by atoms with E-state index in [1.54, 1.807) is 0 Å². The Morgan fingerprint density at radius 3 is 2.56 bits per heavy atom. The van der Waals surface area contributed by atoms with Gasteiger partial charge in [0.05, 0.1) is 5.56 Å². The van der Waals surface area contributed by atoms with Crippen molar-refractivity contribution in [1.29, 1.82) is 0 Å². The quantitative estimate of drug-likeness (QED) is 0.722. The van der Waals surface area contributed by atoms with Crippen LogP contribution in [0.25, 0.3) is 10.9 Å². The highest BCUT2D eigenvalue weighted by Crippen LogP contribution is 2.20. The maximum Gasteiger partial charge on any atom is 0.221 e. The number of nitrogens with zero attached hydrogens (tertiary/aromatic N) is 1. The van der Waals surface area contributed by atoms with Crippen molar-refractivity contribution in [2.75, 3.05) is 6.54 Å². The summed E-state index contributed by atoms with van der Waals surface area (Å²) >= 11 is 0. The molecule has 1 heterocycles. The molecule has 1 atom stereocenters. The molecule has 0 saturated carbocycles. The van der Waals surface area contributed by atoms with Crippen LogP contribution in [0.15, 0.2) is 54.7 Å². The third-order valence-corrected chi connectivity index (χ3v) is 4.09. The van der Waals surface area contributed by atoms with Crippen molar-refractivity contribution in [2.45, 2.75) is 19.1 Å². The second-order valence-corrected chi connectivity index (χ2v) is 5.77. The van der Waals surface area contributed by atoms with E-state index in [4.69, 9.17) is 0 Å². The molecule has 1 amide bonds.